The van der Waals surface area contributed by atoms with E-state index in [4.69, 9.17) is 0 Å². The summed E-state index contributed by atoms with van der Waals surface area (Å²) in [5, 5.41) is 3.30. The summed E-state index contributed by atoms with van der Waals surface area (Å²) in [6, 6.07) is 6.22. The van der Waals surface area contributed by atoms with Gasteiger partial charge in [0.05, 0.1) is 0 Å². The average Bonchev–Trinajstić information content (AvgIpc) is 2.54. The van der Waals surface area contributed by atoms with E-state index < -0.39 is 12.5 Å². The predicted molar refractivity (Wildman–Crippen MR) is 91.9 cm³/mol. The third kappa shape index (κ3) is 6.31. The topological polar surface area (TPSA) is 24.5 Å². The SMILES string of the molecule is CC(C)C[C@@H](c1ccc(OC(F)(F)C(F)F)cc1)N1CCNCC1.Cl. The Balaban J connectivity index is 0.00000312. The molecule has 0 spiro atoms. The number of halogens is 5. The van der Waals surface area contributed by atoms with Gasteiger partial charge in [0.25, 0.3) is 0 Å². The Hall–Kier alpha value is -1.05. The van der Waals surface area contributed by atoms with Gasteiger partial charge in [-0.05, 0) is 30.0 Å². The van der Waals surface area contributed by atoms with Crippen LogP contribution in [0.1, 0.15) is 31.9 Å². The quantitative estimate of drug-likeness (QED) is 0.708. The van der Waals surface area contributed by atoms with E-state index in [1.165, 1.54) is 12.1 Å². The summed E-state index contributed by atoms with van der Waals surface area (Å²) >= 11 is 0. The fourth-order valence-electron chi connectivity index (χ4n) is 2.90. The Morgan fingerprint density at radius 3 is 2.16 bits per heavy atom. The van der Waals surface area contributed by atoms with Crippen LogP contribution in [0.15, 0.2) is 24.3 Å². The van der Waals surface area contributed by atoms with E-state index in [9.17, 15) is 17.6 Å². The van der Waals surface area contributed by atoms with Crippen molar-refractivity contribution in [2.24, 2.45) is 5.92 Å². The van der Waals surface area contributed by atoms with Crippen molar-refractivity contribution < 1.29 is 22.3 Å². The first-order valence-corrected chi connectivity index (χ1v) is 8.19. The number of nitrogens with one attached hydrogen (secondary N) is 1. The van der Waals surface area contributed by atoms with Crippen molar-refractivity contribution in [2.75, 3.05) is 26.2 Å². The molecular weight excluding hydrogens is 360 g/mol. The minimum absolute atomic E-state index is 0. The van der Waals surface area contributed by atoms with E-state index >= 15 is 0 Å². The van der Waals surface area contributed by atoms with Crippen molar-refractivity contribution in [2.45, 2.75) is 38.8 Å². The lowest BCUT2D eigenvalue weighted by molar-refractivity contribution is -0.253. The van der Waals surface area contributed by atoms with E-state index in [0.717, 1.165) is 38.2 Å². The van der Waals surface area contributed by atoms with E-state index in [2.05, 4.69) is 28.8 Å². The molecule has 0 amide bonds. The number of hydrogen-bond donors (Lipinski definition) is 1. The van der Waals surface area contributed by atoms with Gasteiger partial charge in [-0.15, -0.1) is 12.4 Å². The molecule has 1 atom stereocenters. The summed E-state index contributed by atoms with van der Waals surface area (Å²) in [7, 11) is 0. The van der Waals surface area contributed by atoms with Gasteiger partial charge >= 0.3 is 12.5 Å². The Morgan fingerprint density at radius 1 is 1.12 bits per heavy atom. The molecule has 0 aromatic heterocycles. The fraction of sp³-hybridized carbons (Fsp3) is 0.647. The van der Waals surface area contributed by atoms with Crippen LogP contribution in [0.4, 0.5) is 17.6 Å². The molecule has 1 saturated heterocycles. The van der Waals surface area contributed by atoms with Gasteiger partial charge in [0, 0.05) is 32.2 Å². The van der Waals surface area contributed by atoms with Crippen LogP contribution >= 0.6 is 12.4 Å². The highest BCUT2D eigenvalue weighted by molar-refractivity contribution is 5.85. The van der Waals surface area contributed by atoms with Gasteiger partial charge in [0.2, 0.25) is 0 Å². The van der Waals surface area contributed by atoms with E-state index in [1.54, 1.807) is 12.1 Å². The first-order valence-electron chi connectivity index (χ1n) is 8.19. The molecule has 1 fully saturated rings. The second kappa shape index (κ2) is 9.59. The fourth-order valence-corrected chi connectivity index (χ4v) is 2.90. The maximum Gasteiger partial charge on any atom is 0.461 e. The molecule has 144 valence electrons. The molecule has 1 aliphatic rings. The van der Waals surface area contributed by atoms with Crippen molar-refractivity contribution in [1.82, 2.24) is 10.2 Å². The molecule has 8 heteroatoms. The number of rotatable bonds is 7. The van der Waals surface area contributed by atoms with Gasteiger partial charge in [-0.2, -0.15) is 17.6 Å². The molecule has 1 N–H and O–H groups in total. The van der Waals surface area contributed by atoms with E-state index in [1.807, 2.05) is 0 Å². The smallest absolute Gasteiger partial charge is 0.428 e. The van der Waals surface area contributed by atoms with Crippen molar-refractivity contribution in [1.29, 1.82) is 0 Å². The van der Waals surface area contributed by atoms with Gasteiger partial charge in [-0.25, -0.2) is 0 Å². The molecule has 25 heavy (non-hydrogen) atoms. The minimum Gasteiger partial charge on any atom is -0.428 e. The van der Waals surface area contributed by atoms with Crippen molar-refractivity contribution in [3.8, 4) is 5.75 Å². The molecule has 0 unspecified atom stereocenters. The minimum atomic E-state index is -4.47. The number of piperazine rings is 1. The highest BCUT2D eigenvalue weighted by Crippen LogP contribution is 2.31. The summed E-state index contributed by atoms with van der Waals surface area (Å²) in [6.07, 6.45) is -7.39. The largest absolute Gasteiger partial charge is 0.461 e. The molecule has 0 radical (unpaired) electrons. The predicted octanol–water partition coefficient (Wildman–Crippen LogP) is 4.34. The molecule has 1 aliphatic heterocycles. The number of hydrogen-bond acceptors (Lipinski definition) is 3. The van der Waals surface area contributed by atoms with Gasteiger partial charge in [0.15, 0.2) is 0 Å². The Labute approximate surface area is 152 Å². The monoisotopic (exact) mass is 384 g/mol. The van der Waals surface area contributed by atoms with Gasteiger partial charge in [-0.3, -0.25) is 4.90 Å². The second-order valence-corrected chi connectivity index (χ2v) is 6.46. The van der Waals surface area contributed by atoms with Crippen LogP contribution in [0.3, 0.4) is 0 Å². The number of nitrogens with zero attached hydrogens (tertiary/aromatic N) is 1. The number of benzene rings is 1. The summed E-state index contributed by atoms with van der Waals surface area (Å²) in [5.41, 5.74) is 0.985. The van der Waals surface area contributed by atoms with E-state index in [0.29, 0.717) is 5.92 Å². The third-order valence-corrected chi connectivity index (χ3v) is 4.06. The molecule has 1 aromatic rings. The zero-order chi connectivity index (χ0) is 17.7. The summed E-state index contributed by atoms with van der Waals surface area (Å²) in [6.45, 7) is 7.93. The normalized spacial score (nSPS) is 17.4. The molecule has 2 rings (SSSR count). The van der Waals surface area contributed by atoms with Crippen molar-refractivity contribution in [3.05, 3.63) is 29.8 Å². The maximum atomic E-state index is 13.0. The molecular formula is C17H25ClF4N2O. The summed E-state index contributed by atoms with van der Waals surface area (Å²) < 4.78 is 54.5. The lowest BCUT2D eigenvalue weighted by atomic mass is 9.95. The average molecular weight is 385 g/mol. The van der Waals surface area contributed by atoms with Crippen LogP contribution in [-0.2, 0) is 0 Å². The summed E-state index contributed by atoms with van der Waals surface area (Å²) in [4.78, 5) is 2.36. The number of alkyl halides is 4. The zero-order valence-corrected chi connectivity index (χ0v) is 15.2. The van der Waals surface area contributed by atoms with Crippen LogP contribution in [-0.4, -0.2) is 43.6 Å². The van der Waals surface area contributed by atoms with Gasteiger partial charge in [-0.1, -0.05) is 26.0 Å². The molecule has 1 aromatic carbocycles. The molecule has 0 bridgehead atoms. The van der Waals surface area contributed by atoms with Crippen LogP contribution in [0.2, 0.25) is 0 Å². The van der Waals surface area contributed by atoms with Gasteiger partial charge in [0.1, 0.15) is 5.75 Å². The first kappa shape index (κ1) is 22.0. The maximum absolute atomic E-state index is 13.0. The van der Waals surface area contributed by atoms with Crippen LogP contribution in [0, 0.1) is 5.92 Å². The molecule has 0 aliphatic carbocycles. The molecule has 0 saturated carbocycles. The standard InChI is InChI=1S/C17H24F4N2O.ClH/c1-12(2)11-15(23-9-7-22-8-10-23)13-3-5-14(6-4-13)24-17(20,21)16(18)19;/h3-6,12,15-16,22H,7-11H2,1-2H3;1H/t15-;/m0./s1. The van der Waals surface area contributed by atoms with Crippen LogP contribution < -0.4 is 10.1 Å². The Bertz CT molecular complexity index is 508. The van der Waals surface area contributed by atoms with Crippen LogP contribution in [0.25, 0.3) is 0 Å². The highest BCUT2D eigenvalue weighted by atomic mass is 35.5. The van der Waals surface area contributed by atoms with Crippen LogP contribution in [0.5, 0.6) is 5.75 Å². The molecule has 1 heterocycles. The van der Waals surface area contributed by atoms with Crippen molar-refractivity contribution in [3.63, 3.8) is 0 Å². The Morgan fingerprint density at radius 2 is 1.68 bits per heavy atom. The third-order valence-electron chi connectivity index (χ3n) is 4.06. The Kier molecular flexibility index (Phi) is 8.44. The highest BCUT2D eigenvalue weighted by Gasteiger charge is 2.44. The zero-order valence-electron chi connectivity index (χ0n) is 14.4. The lowest BCUT2D eigenvalue weighted by Gasteiger charge is -2.36. The lowest BCUT2D eigenvalue weighted by Crippen LogP contribution is -2.45. The van der Waals surface area contributed by atoms with E-state index in [-0.39, 0.29) is 24.2 Å². The number of ether oxygens (including phenoxy) is 1. The summed E-state index contributed by atoms with van der Waals surface area (Å²) in [5.74, 6) is 0.219. The first-order chi connectivity index (χ1) is 11.3. The van der Waals surface area contributed by atoms with Crippen molar-refractivity contribution >= 4 is 12.4 Å². The molecule has 3 nitrogen and oxygen atoms in total. The second-order valence-electron chi connectivity index (χ2n) is 6.46. The van der Waals surface area contributed by atoms with Gasteiger partial charge < -0.3 is 10.1 Å².